The Morgan fingerprint density at radius 3 is 2.36 bits per heavy atom. The van der Waals surface area contributed by atoms with Crippen LogP contribution in [-0.4, -0.2) is 19.2 Å². The Morgan fingerprint density at radius 1 is 1.36 bits per heavy atom. The summed E-state index contributed by atoms with van der Waals surface area (Å²) in [5, 5.41) is 0. The third-order valence-electron chi connectivity index (χ3n) is 2.38. The number of hydrogen-bond donors (Lipinski definition) is 2. The van der Waals surface area contributed by atoms with Gasteiger partial charge in [-0.25, -0.2) is 0 Å². The number of benzene rings is 1. The lowest BCUT2D eigenvalue weighted by Gasteiger charge is -2.32. The van der Waals surface area contributed by atoms with Gasteiger partial charge in [-0.15, -0.1) is 0 Å². The van der Waals surface area contributed by atoms with E-state index in [1.807, 2.05) is 37.3 Å². The molecular weight excluding hydrogens is 176 g/mol. The van der Waals surface area contributed by atoms with Gasteiger partial charge in [0.05, 0.1) is 5.54 Å². The van der Waals surface area contributed by atoms with E-state index in [2.05, 4.69) is 0 Å². The van der Waals surface area contributed by atoms with Gasteiger partial charge < -0.3 is 16.2 Å². The first-order valence-electron chi connectivity index (χ1n) is 4.68. The van der Waals surface area contributed by atoms with Crippen LogP contribution in [0, 0.1) is 0 Å². The van der Waals surface area contributed by atoms with Crippen molar-refractivity contribution < 1.29 is 4.74 Å². The van der Waals surface area contributed by atoms with Gasteiger partial charge in [0.2, 0.25) is 0 Å². The van der Waals surface area contributed by atoms with Crippen LogP contribution in [0.1, 0.15) is 18.6 Å². The van der Waals surface area contributed by atoms with E-state index in [1.165, 1.54) is 0 Å². The van der Waals surface area contributed by atoms with E-state index in [0.717, 1.165) is 5.56 Å². The van der Waals surface area contributed by atoms with Gasteiger partial charge in [-0.3, -0.25) is 0 Å². The SMILES string of the molecule is COC(c1ccccc1)C(C)(N)CN. The van der Waals surface area contributed by atoms with Gasteiger partial charge in [0.15, 0.2) is 0 Å². The summed E-state index contributed by atoms with van der Waals surface area (Å²) in [6.45, 7) is 2.29. The first-order chi connectivity index (χ1) is 6.61. The number of ether oxygens (including phenoxy) is 1. The number of hydrogen-bond acceptors (Lipinski definition) is 3. The van der Waals surface area contributed by atoms with E-state index in [0.29, 0.717) is 6.54 Å². The van der Waals surface area contributed by atoms with E-state index in [-0.39, 0.29) is 6.10 Å². The second-order valence-corrected chi connectivity index (χ2v) is 3.74. The molecule has 0 heterocycles. The van der Waals surface area contributed by atoms with Gasteiger partial charge in [0.1, 0.15) is 6.10 Å². The highest BCUT2D eigenvalue weighted by Crippen LogP contribution is 2.25. The highest BCUT2D eigenvalue weighted by atomic mass is 16.5. The summed E-state index contributed by atoms with van der Waals surface area (Å²) in [6, 6.07) is 9.89. The fourth-order valence-electron chi connectivity index (χ4n) is 1.52. The average molecular weight is 194 g/mol. The molecule has 1 aromatic rings. The minimum absolute atomic E-state index is 0.159. The van der Waals surface area contributed by atoms with Crippen LogP contribution in [0.4, 0.5) is 0 Å². The lowest BCUT2D eigenvalue weighted by atomic mass is 9.90. The van der Waals surface area contributed by atoms with E-state index >= 15 is 0 Å². The summed E-state index contributed by atoms with van der Waals surface area (Å²) in [5.41, 5.74) is 12.2. The molecule has 1 aromatic carbocycles. The van der Waals surface area contributed by atoms with Crippen molar-refractivity contribution in [1.82, 2.24) is 0 Å². The largest absolute Gasteiger partial charge is 0.375 e. The maximum Gasteiger partial charge on any atom is 0.101 e. The molecule has 0 aliphatic heterocycles. The molecular formula is C11H18N2O. The molecule has 14 heavy (non-hydrogen) atoms. The van der Waals surface area contributed by atoms with Crippen LogP contribution in [-0.2, 0) is 4.74 Å². The smallest absolute Gasteiger partial charge is 0.101 e. The van der Waals surface area contributed by atoms with Crippen molar-refractivity contribution in [3.8, 4) is 0 Å². The number of methoxy groups -OCH3 is 1. The second-order valence-electron chi connectivity index (χ2n) is 3.74. The van der Waals surface area contributed by atoms with E-state index in [4.69, 9.17) is 16.2 Å². The van der Waals surface area contributed by atoms with Crippen molar-refractivity contribution in [2.24, 2.45) is 11.5 Å². The van der Waals surface area contributed by atoms with Crippen LogP contribution in [0.5, 0.6) is 0 Å². The van der Waals surface area contributed by atoms with Crippen LogP contribution < -0.4 is 11.5 Å². The summed E-state index contributed by atoms with van der Waals surface area (Å²) in [4.78, 5) is 0. The van der Waals surface area contributed by atoms with Gasteiger partial charge in [0.25, 0.3) is 0 Å². The molecule has 3 heteroatoms. The zero-order valence-electron chi connectivity index (χ0n) is 8.73. The Bertz CT molecular complexity index is 272. The molecule has 0 amide bonds. The standard InChI is InChI=1S/C11H18N2O/c1-11(13,8-12)10(14-2)9-6-4-3-5-7-9/h3-7,10H,8,12-13H2,1-2H3. The molecule has 0 fully saturated rings. The molecule has 1 rings (SSSR count). The highest BCUT2D eigenvalue weighted by Gasteiger charge is 2.29. The average Bonchev–Trinajstić information content (AvgIpc) is 2.20. The molecule has 0 saturated carbocycles. The van der Waals surface area contributed by atoms with Crippen molar-refractivity contribution in [2.75, 3.05) is 13.7 Å². The predicted octanol–water partition coefficient (Wildman–Crippen LogP) is 1.05. The topological polar surface area (TPSA) is 61.3 Å². The minimum Gasteiger partial charge on any atom is -0.375 e. The third-order valence-corrected chi connectivity index (χ3v) is 2.38. The Labute approximate surface area is 85.0 Å². The summed E-state index contributed by atoms with van der Waals surface area (Å²) >= 11 is 0. The van der Waals surface area contributed by atoms with Crippen LogP contribution in [0.25, 0.3) is 0 Å². The molecule has 0 aliphatic carbocycles. The van der Waals surface area contributed by atoms with Crippen LogP contribution in [0.15, 0.2) is 30.3 Å². The highest BCUT2D eigenvalue weighted by molar-refractivity contribution is 5.21. The van der Waals surface area contributed by atoms with E-state index < -0.39 is 5.54 Å². The molecule has 0 radical (unpaired) electrons. The Hall–Kier alpha value is -0.900. The van der Waals surface area contributed by atoms with Crippen molar-refractivity contribution in [2.45, 2.75) is 18.6 Å². The Kier molecular flexibility index (Phi) is 3.63. The molecule has 0 bridgehead atoms. The minimum atomic E-state index is -0.532. The Morgan fingerprint density at radius 2 is 1.93 bits per heavy atom. The van der Waals surface area contributed by atoms with Crippen LogP contribution >= 0.6 is 0 Å². The second kappa shape index (κ2) is 4.55. The van der Waals surface area contributed by atoms with Crippen molar-refractivity contribution in [1.29, 1.82) is 0 Å². The maximum atomic E-state index is 6.05. The van der Waals surface area contributed by atoms with Crippen LogP contribution in [0.3, 0.4) is 0 Å². The maximum absolute atomic E-state index is 6.05. The first-order valence-corrected chi connectivity index (χ1v) is 4.68. The van der Waals surface area contributed by atoms with E-state index in [9.17, 15) is 0 Å². The zero-order valence-corrected chi connectivity index (χ0v) is 8.73. The molecule has 0 spiro atoms. The summed E-state index contributed by atoms with van der Waals surface area (Å²) in [7, 11) is 1.65. The van der Waals surface area contributed by atoms with Gasteiger partial charge >= 0.3 is 0 Å². The molecule has 2 unspecified atom stereocenters. The lowest BCUT2D eigenvalue weighted by Crippen LogP contribution is -2.49. The first kappa shape index (κ1) is 11.2. The Balaban J connectivity index is 2.93. The molecule has 0 aromatic heterocycles. The van der Waals surface area contributed by atoms with Crippen LogP contribution in [0.2, 0.25) is 0 Å². The normalized spacial score (nSPS) is 17.4. The van der Waals surface area contributed by atoms with Gasteiger partial charge in [-0.05, 0) is 12.5 Å². The lowest BCUT2D eigenvalue weighted by molar-refractivity contribution is 0.0445. The molecule has 4 N–H and O–H groups in total. The summed E-state index contributed by atoms with van der Waals surface area (Å²) in [6.07, 6.45) is -0.159. The van der Waals surface area contributed by atoms with Gasteiger partial charge in [0, 0.05) is 13.7 Å². The van der Waals surface area contributed by atoms with Gasteiger partial charge in [-0.1, -0.05) is 30.3 Å². The molecule has 2 atom stereocenters. The van der Waals surface area contributed by atoms with Crippen molar-refractivity contribution >= 4 is 0 Å². The quantitative estimate of drug-likeness (QED) is 0.753. The fraction of sp³-hybridized carbons (Fsp3) is 0.455. The fourth-order valence-corrected chi connectivity index (χ4v) is 1.52. The van der Waals surface area contributed by atoms with Crippen molar-refractivity contribution in [3.05, 3.63) is 35.9 Å². The molecule has 0 aliphatic rings. The summed E-state index contributed by atoms with van der Waals surface area (Å²) in [5.74, 6) is 0. The summed E-state index contributed by atoms with van der Waals surface area (Å²) < 4.78 is 5.39. The monoisotopic (exact) mass is 194 g/mol. The third kappa shape index (κ3) is 2.32. The number of nitrogens with two attached hydrogens (primary N) is 2. The zero-order chi connectivity index (χ0) is 10.6. The van der Waals surface area contributed by atoms with Crippen molar-refractivity contribution in [3.63, 3.8) is 0 Å². The molecule has 78 valence electrons. The van der Waals surface area contributed by atoms with E-state index in [1.54, 1.807) is 7.11 Å². The molecule has 3 nitrogen and oxygen atoms in total. The van der Waals surface area contributed by atoms with Gasteiger partial charge in [-0.2, -0.15) is 0 Å². The predicted molar refractivity (Wildman–Crippen MR) is 57.8 cm³/mol. The number of rotatable bonds is 4. The molecule has 0 saturated heterocycles.